The number of fused-ring (bicyclic) bond motifs is 1. The van der Waals surface area contributed by atoms with Gasteiger partial charge in [0.1, 0.15) is 12.1 Å². The number of nitrogens with zero attached hydrogens (tertiary/aromatic N) is 4. The molecule has 0 aliphatic carbocycles. The van der Waals surface area contributed by atoms with E-state index in [1.54, 1.807) is 10.8 Å². The van der Waals surface area contributed by atoms with Crippen LogP contribution >= 0.6 is 0 Å². The van der Waals surface area contributed by atoms with E-state index in [0.717, 1.165) is 43.9 Å². The molecule has 0 spiro atoms. The zero-order valence-corrected chi connectivity index (χ0v) is 15.4. The molecule has 1 saturated heterocycles. The molecule has 4 rings (SSSR count). The molecule has 2 atom stereocenters. The van der Waals surface area contributed by atoms with E-state index in [2.05, 4.69) is 64.6 Å². The van der Waals surface area contributed by atoms with Gasteiger partial charge in [-0.3, -0.25) is 0 Å². The number of aromatic nitrogens is 4. The SMILES string of the molecule is CCc1cc(NCC2CCCOC2c2ccc(C)cc2)n2ncnc2n1. The van der Waals surface area contributed by atoms with E-state index >= 15 is 0 Å². The van der Waals surface area contributed by atoms with Crippen LogP contribution in [0.4, 0.5) is 5.82 Å². The highest BCUT2D eigenvalue weighted by Crippen LogP contribution is 2.34. The maximum atomic E-state index is 6.14. The van der Waals surface area contributed by atoms with E-state index in [1.807, 2.05) is 0 Å². The molecule has 2 aromatic heterocycles. The van der Waals surface area contributed by atoms with E-state index < -0.39 is 0 Å². The third-order valence-electron chi connectivity index (χ3n) is 5.06. The van der Waals surface area contributed by atoms with E-state index in [4.69, 9.17) is 4.74 Å². The molecule has 1 aromatic carbocycles. The van der Waals surface area contributed by atoms with Gasteiger partial charge in [-0.1, -0.05) is 36.8 Å². The molecule has 26 heavy (non-hydrogen) atoms. The number of hydrogen-bond donors (Lipinski definition) is 1. The average molecular weight is 351 g/mol. The van der Waals surface area contributed by atoms with Crippen LogP contribution in [-0.4, -0.2) is 32.7 Å². The van der Waals surface area contributed by atoms with E-state index in [9.17, 15) is 0 Å². The first kappa shape index (κ1) is 17.0. The summed E-state index contributed by atoms with van der Waals surface area (Å²) in [7, 11) is 0. The van der Waals surface area contributed by atoms with Crippen LogP contribution in [0.5, 0.6) is 0 Å². The van der Waals surface area contributed by atoms with Crippen LogP contribution in [0.1, 0.15) is 42.7 Å². The highest BCUT2D eigenvalue weighted by atomic mass is 16.5. The average Bonchev–Trinajstić information content (AvgIpc) is 3.15. The van der Waals surface area contributed by atoms with Gasteiger partial charge in [0.15, 0.2) is 0 Å². The Morgan fingerprint density at radius 2 is 2.12 bits per heavy atom. The molecule has 2 unspecified atom stereocenters. The van der Waals surface area contributed by atoms with Gasteiger partial charge >= 0.3 is 0 Å². The highest BCUT2D eigenvalue weighted by Gasteiger charge is 2.27. The second-order valence-electron chi connectivity index (χ2n) is 6.94. The molecular formula is C20H25N5O. The third-order valence-corrected chi connectivity index (χ3v) is 5.06. The smallest absolute Gasteiger partial charge is 0.254 e. The summed E-state index contributed by atoms with van der Waals surface area (Å²) in [5, 5.41) is 7.86. The molecule has 136 valence electrons. The number of hydrogen-bond acceptors (Lipinski definition) is 5. The summed E-state index contributed by atoms with van der Waals surface area (Å²) >= 11 is 0. The summed E-state index contributed by atoms with van der Waals surface area (Å²) < 4.78 is 7.90. The second-order valence-corrected chi connectivity index (χ2v) is 6.94. The van der Waals surface area contributed by atoms with Crippen LogP contribution in [0.3, 0.4) is 0 Å². The van der Waals surface area contributed by atoms with Gasteiger partial charge in [-0.25, -0.2) is 4.98 Å². The highest BCUT2D eigenvalue weighted by molar-refractivity contribution is 5.45. The molecule has 0 saturated carbocycles. The number of rotatable bonds is 5. The number of benzene rings is 1. The fourth-order valence-electron chi connectivity index (χ4n) is 3.58. The summed E-state index contributed by atoms with van der Waals surface area (Å²) in [4.78, 5) is 8.73. The lowest BCUT2D eigenvalue weighted by atomic mass is 9.89. The fourth-order valence-corrected chi connectivity index (χ4v) is 3.58. The minimum atomic E-state index is 0.135. The van der Waals surface area contributed by atoms with Crippen molar-refractivity contribution >= 4 is 11.6 Å². The summed E-state index contributed by atoms with van der Waals surface area (Å²) in [5.41, 5.74) is 3.55. The Balaban J connectivity index is 1.54. The molecule has 0 bridgehead atoms. The lowest BCUT2D eigenvalue weighted by Crippen LogP contribution is -2.28. The predicted octanol–water partition coefficient (Wildman–Crippen LogP) is 3.57. The van der Waals surface area contributed by atoms with Gasteiger partial charge in [-0.15, -0.1) is 0 Å². The minimum Gasteiger partial charge on any atom is -0.373 e. The zero-order valence-electron chi connectivity index (χ0n) is 15.4. The van der Waals surface area contributed by atoms with Gasteiger partial charge in [0.05, 0.1) is 6.10 Å². The first-order valence-corrected chi connectivity index (χ1v) is 9.36. The first-order chi connectivity index (χ1) is 12.7. The summed E-state index contributed by atoms with van der Waals surface area (Å²) in [6.45, 7) is 5.88. The van der Waals surface area contributed by atoms with Crippen molar-refractivity contribution in [2.75, 3.05) is 18.5 Å². The van der Waals surface area contributed by atoms with Gasteiger partial charge in [-0.2, -0.15) is 14.6 Å². The van der Waals surface area contributed by atoms with Gasteiger partial charge < -0.3 is 10.1 Å². The third kappa shape index (κ3) is 3.42. The lowest BCUT2D eigenvalue weighted by molar-refractivity contribution is -0.0238. The van der Waals surface area contributed by atoms with Crippen molar-refractivity contribution in [2.24, 2.45) is 5.92 Å². The van der Waals surface area contributed by atoms with Crippen LogP contribution in [0.15, 0.2) is 36.7 Å². The molecule has 3 heterocycles. The van der Waals surface area contributed by atoms with Gasteiger partial charge in [0.25, 0.3) is 5.78 Å². The maximum absolute atomic E-state index is 6.14. The van der Waals surface area contributed by atoms with Crippen molar-refractivity contribution in [1.82, 2.24) is 19.6 Å². The Labute approximate surface area is 153 Å². The Kier molecular flexibility index (Phi) is 4.84. The van der Waals surface area contributed by atoms with Crippen molar-refractivity contribution in [3.8, 4) is 0 Å². The van der Waals surface area contributed by atoms with Gasteiger partial charge in [0, 0.05) is 30.8 Å². The summed E-state index contributed by atoms with van der Waals surface area (Å²) in [6, 6.07) is 10.8. The fraction of sp³-hybridized carbons (Fsp3) is 0.450. The van der Waals surface area contributed by atoms with Crippen LogP contribution in [0.25, 0.3) is 5.78 Å². The standard InChI is InChI=1S/C20H25N5O/c1-3-17-11-18(25-20(24-17)22-13-23-25)21-12-16-5-4-10-26-19(16)15-8-6-14(2)7-9-15/h6-9,11,13,16,19,21H,3-5,10,12H2,1-2H3. The molecule has 1 aliphatic rings. The molecular weight excluding hydrogens is 326 g/mol. The topological polar surface area (TPSA) is 64.3 Å². The molecule has 1 fully saturated rings. The van der Waals surface area contributed by atoms with Crippen molar-refractivity contribution in [2.45, 2.75) is 39.2 Å². The van der Waals surface area contributed by atoms with E-state index in [-0.39, 0.29) is 6.10 Å². The molecule has 0 radical (unpaired) electrons. The van der Waals surface area contributed by atoms with E-state index in [0.29, 0.717) is 11.7 Å². The van der Waals surface area contributed by atoms with Crippen molar-refractivity contribution < 1.29 is 4.74 Å². The van der Waals surface area contributed by atoms with Crippen molar-refractivity contribution in [3.63, 3.8) is 0 Å². The molecule has 0 amide bonds. The van der Waals surface area contributed by atoms with Gasteiger partial charge in [0.2, 0.25) is 0 Å². The number of ether oxygens (including phenoxy) is 1. The molecule has 1 aliphatic heterocycles. The quantitative estimate of drug-likeness (QED) is 0.761. The number of nitrogens with one attached hydrogen (secondary N) is 1. The van der Waals surface area contributed by atoms with Crippen molar-refractivity contribution in [3.05, 3.63) is 53.5 Å². The zero-order chi connectivity index (χ0) is 17.9. The summed E-state index contributed by atoms with van der Waals surface area (Å²) in [5.74, 6) is 2.00. The number of aryl methyl sites for hydroxylation is 2. The second kappa shape index (κ2) is 7.41. The Morgan fingerprint density at radius 3 is 2.92 bits per heavy atom. The Morgan fingerprint density at radius 1 is 1.27 bits per heavy atom. The molecule has 1 N–H and O–H groups in total. The van der Waals surface area contributed by atoms with E-state index in [1.165, 1.54) is 11.1 Å². The molecule has 6 heteroatoms. The van der Waals surface area contributed by atoms with Crippen LogP contribution in [-0.2, 0) is 11.2 Å². The lowest BCUT2D eigenvalue weighted by Gasteiger charge is -2.32. The normalized spacial score (nSPS) is 20.4. The number of anilines is 1. The van der Waals surface area contributed by atoms with Crippen LogP contribution in [0.2, 0.25) is 0 Å². The minimum absolute atomic E-state index is 0.135. The Bertz CT molecular complexity index is 874. The molecule has 6 nitrogen and oxygen atoms in total. The Hall–Kier alpha value is -2.47. The van der Waals surface area contributed by atoms with Crippen LogP contribution < -0.4 is 5.32 Å². The van der Waals surface area contributed by atoms with Crippen LogP contribution in [0, 0.1) is 12.8 Å². The largest absolute Gasteiger partial charge is 0.373 e. The maximum Gasteiger partial charge on any atom is 0.254 e. The molecule has 3 aromatic rings. The first-order valence-electron chi connectivity index (χ1n) is 9.36. The van der Waals surface area contributed by atoms with Gasteiger partial charge in [-0.05, 0) is 31.7 Å². The predicted molar refractivity (Wildman–Crippen MR) is 101 cm³/mol. The monoisotopic (exact) mass is 351 g/mol. The summed E-state index contributed by atoms with van der Waals surface area (Å²) in [6.07, 6.45) is 4.81. The van der Waals surface area contributed by atoms with Crippen molar-refractivity contribution in [1.29, 1.82) is 0 Å².